The molecular formula is C12H20N2S. The van der Waals surface area contributed by atoms with Crippen molar-refractivity contribution in [3.63, 3.8) is 0 Å². The molecule has 1 atom stereocenters. The highest BCUT2D eigenvalue weighted by atomic mass is 32.2. The summed E-state index contributed by atoms with van der Waals surface area (Å²) in [6, 6.07) is 4.13. The average Bonchev–Trinajstić information content (AvgIpc) is 2.26. The average molecular weight is 224 g/mol. The molecule has 84 valence electrons. The Morgan fingerprint density at radius 3 is 2.73 bits per heavy atom. The monoisotopic (exact) mass is 224 g/mol. The van der Waals surface area contributed by atoms with Crippen molar-refractivity contribution in [2.45, 2.75) is 31.8 Å². The third kappa shape index (κ3) is 3.74. The Balaban J connectivity index is 2.57. The van der Waals surface area contributed by atoms with E-state index in [1.54, 1.807) is 0 Å². The van der Waals surface area contributed by atoms with Crippen LogP contribution in [0, 0.1) is 5.92 Å². The molecule has 0 radical (unpaired) electrons. The summed E-state index contributed by atoms with van der Waals surface area (Å²) >= 11 is 1.99. The number of nitrogens with one attached hydrogen (secondary N) is 1. The van der Waals surface area contributed by atoms with Gasteiger partial charge in [0.05, 0.1) is 0 Å². The molecule has 1 unspecified atom stereocenters. The molecule has 0 saturated heterocycles. The van der Waals surface area contributed by atoms with E-state index in [2.05, 4.69) is 37.1 Å². The van der Waals surface area contributed by atoms with Crippen LogP contribution < -0.4 is 5.32 Å². The van der Waals surface area contributed by atoms with Crippen LogP contribution in [0.5, 0.6) is 0 Å². The summed E-state index contributed by atoms with van der Waals surface area (Å²) in [4.78, 5) is 4.30. The van der Waals surface area contributed by atoms with Crippen molar-refractivity contribution in [3.8, 4) is 0 Å². The summed E-state index contributed by atoms with van der Waals surface area (Å²) < 4.78 is 0. The topological polar surface area (TPSA) is 24.9 Å². The van der Waals surface area contributed by atoms with Gasteiger partial charge in [-0.05, 0) is 12.0 Å². The van der Waals surface area contributed by atoms with E-state index in [1.807, 2.05) is 31.1 Å². The normalized spacial score (nSPS) is 12.9. The predicted molar refractivity (Wildman–Crippen MR) is 69.4 cm³/mol. The first kappa shape index (κ1) is 12.4. The minimum absolute atomic E-state index is 0.690. The largest absolute Gasteiger partial charge is 0.373 e. The van der Waals surface area contributed by atoms with E-state index in [9.17, 15) is 0 Å². The Morgan fingerprint density at radius 1 is 1.40 bits per heavy atom. The van der Waals surface area contributed by atoms with Gasteiger partial charge in [-0.15, -0.1) is 0 Å². The van der Waals surface area contributed by atoms with Crippen LogP contribution in [0.15, 0.2) is 18.3 Å². The fourth-order valence-corrected chi connectivity index (χ4v) is 2.25. The smallest absolute Gasteiger partial charge is 0.129 e. The molecule has 3 heteroatoms. The standard InChI is InChI=1S/C12H20N2S/c1-9(2)10(3)15-8-11-6-5-7-14-12(11)13-4/h5-7,9-10H,8H2,1-4H3,(H,13,14). The van der Waals surface area contributed by atoms with E-state index in [4.69, 9.17) is 0 Å². The van der Waals surface area contributed by atoms with Crippen LogP contribution in [-0.2, 0) is 5.75 Å². The van der Waals surface area contributed by atoms with E-state index >= 15 is 0 Å². The van der Waals surface area contributed by atoms with Crippen LogP contribution in [0.4, 0.5) is 5.82 Å². The van der Waals surface area contributed by atoms with Gasteiger partial charge in [-0.25, -0.2) is 4.98 Å². The molecule has 0 aliphatic rings. The first-order valence-electron chi connectivity index (χ1n) is 5.38. The molecule has 0 saturated carbocycles. The number of rotatable bonds is 5. The summed E-state index contributed by atoms with van der Waals surface area (Å²) in [5, 5.41) is 3.81. The summed E-state index contributed by atoms with van der Waals surface area (Å²) in [5.74, 6) is 2.76. The van der Waals surface area contributed by atoms with Crippen LogP contribution in [0.3, 0.4) is 0 Å². The molecule has 2 nitrogen and oxygen atoms in total. The Morgan fingerprint density at radius 2 is 2.13 bits per heavy atom. The summed E-state index contributed by atoms with van der Waals surface area (Å²) in [6.45, 7) is 6.81. The molecule has 15 heavy (non-hydrogen) atoms. The quantitative estimate of drug-likeness (QED) is 0.829. The van der Waals surface area contributed by atoms with E-state index in [0.717, 1.165) is 17.5 Å². The van der Waals surface area contributed by atoms with Gasteiger partial charge in [-0.2, -0.15) is 11.8 Å². The van der Waals surface area contributed by atoms with Crippen molar-refractivity contribution in [2.24, 2.45) is 5.92 Å². The highest BCUT2D eigenvalue weighted by Gasteiger charge is 2.09. The molecule has 1 rings (SSSR count). The van der Waals surface area contributed by atoms with Crippen molar-refractivity contribution in [1.29, 1.82) is 0 Å². The lowest BCUT2D eigenvalue weighted by molar-refractivity contribution is 0.642. The highest BCUT2D eigenvalue weighted by molar-refractivity contribution is 7.99. The maximum absolute atomic E-state index is 4.30. The predicted octanol–water partition coefficient (Wildman–Crippen LogP) is 3.40. The molecule has 0 aromatic carbocycles. The molecule has 1 aromatic rings. The molecule has 0 spiro atoms. The summed E-state index contributed by atoms with van der Waals surface area (Å²) in [7, 11) is 1.92. The SMILES string of the molecule is CNc1ncccc1CSC(C)C(C)C. The second-order valence-corrected chi connectivity index (χ2v) is 5.39. The summed E-state index contributed by atoms with van der Waals surface area (Å²) in [5.41, 5.74) is 1.29. The fourth-order valence-electron chi connectivity index (χ4n) is 1.19. The van der Waals surface area contributed by atoms with Gasteiger partial charge in [0.2, 0.25) is 0 Å². The van der Waals surface area contributed by atoms with Crippen molar-refractivity contribution in [2.75, 3.05) is 12.4 Å². The van der Waals surface area contributed by atoms with E-state index in [1.165, 1.54) is 5.56 Å². The fraction of sp³-hybridized carbons (Fsp3) is 0.583. The van der Waals surface area contributed by atoms with Crippen molar-refractivity contribution in [3.05, 3.63) is 23.9 Å². The van der Waals surface area contributed by atoms with Crippen LogP contribution in [0.25, 0.3) is 0 Å². The zero-order valence-electron chi connectivity index (χ0n) is 9.95. The molecule has 1 aromatic heterocycles. The Labute approximate surface area is 96.9 Å². The minimum atomic E-state index is 0.690. The second-order valence-electron chi connectivity index (χ2n) is 4.02. The lowest BCUT2D eigenvalue weighted by Crippen LogP contribution is -2.06. The van der Waals surface area contributed by atoms with Crippen LogP contribution in [0.2, 0.25) is 0 Å². The van der Waals surface area contributed by atoms with Gasteiger partial charge >= 0.3 is 0 Å². The lowest BCUT2D eigenvalue weighted by atomic mass is 10.2. The molecule has 0 aliphatic heterocycles. The molecule has 0 aliphatic carbocycles. The molecule has 0 bridgehead atoms. The molecule has 0 amide bonds. The minimum Gasteiger partial charge on any atom is -0.373 e. The second kappa shape index (κ2) is 6.01. The Kier molecular flexibility index (Phi) is 4.95. The molecule has 1 heterocycles. The lowest BCUT2D eigenvalue weighted by Gasteiger charge is -2.15. The van der Waals surface area contributed by atoms with Gasteiger partial charge in [0.1, 0.15) is 5.82 Å². The third-order valence-corrected chi connectivity index (χ3v) is 4.12. The number of pyridine rings is 1. The zero-order chi connectivity index (χ0) is 11.3. The summed E-state index contributed by atoms with van der Waals surface area (Å²) in [6.07, 6.45) is 1.83. The number of nitrogens with zero attached hydrogens (tertiary/aromatic N) is 1. The zero-order valence-corrected chi connectivity index (χ0v) is 10.8. The highest BCUT2D eigenvalue weighted by Crippen LogP contribution is 2.25. The van der Waals surface area contributed by atoms with Gasteiger partial charge < -0.3 is 5.32 Å². The van der Waals surface area contributed by atoms with Crippen molar-refractivity contribution >= 4 is 17.6 Å². The van der Waals surface area contributed by atoms with Gasteiger partial charge in [0, 0.05) is 29.8 Å². The van der Waals surface area contributed by atoms with E-state index < -0.39 is 0 Å². The number of hydrogen-bond donors (Lipinski definition) is 1. The third-order valence-electron chi connectivity index (χ3n) is 2.57. The molecule has 0 fully saturated rings. The van der Waals surface area contributed by atoms with Gasteiger partial charge in [-0.3, -0.25) is 0 Å². The first-order valence-corrected chi connectivity index (χ1v) is 6.43. The maximum Gasteiger partial charge on any atom is 0.129 e. The molecule has 1 N–H and O–H groups in total. The number of thioether (sulfide) groups is 1. The number of hydrogen-bond acceptors (Lipinski definition) is 3. The van der Waals surface area contributed by atoms with Gasteiger partial charge in [0.25, 0.3) is 0 Å². The number of anilines is 1. The van der Waals surface area contributed by atoms with Crippen LogP contribution >= 0.6 is 11.8 Å². The van der Waals surface area contributed by atoms with Crippen LogP contribution in [-0.4, -0.2) is 17.3 Å². The van der Waals surface area contributed by atoms with Crippen LogP contribution in [0.1, 0.15) is 26.3 Å². The van der Waals surface area contributed by atoms with E-state index in [0.29, 0.717) is 5.25 Å². The van der Waals surface area contributed by atoms with Crippen molar-refractivity contribution in [1.82, 2.24) is 4.98 Å². The van der Waals surface area contributed by atoms with Gasteiger partial charge in [-0.1, -0.05) is 26.8 Å². The van der Waals surface area contributed by atoms with Crippen molar-refractivity contribution < 1.29 is 0 Å². The van der Waals surface area contributed by atoms with Gasteiger partial charge in [0.15, 0.2) is 0 Å². The Hall–Kier alpha value is -0.700. The number of aromatic nitrogens is 1. The Bertz CT molecular complexity index is 299. The maximum atomic E-state index is 4.30. The first-order chi connectivity index (χ1) is 7.15. The van der Waals surface area contributed by atoms with E-state index in [-0.39, 0.29) is 0 Å². The molecular weight excluding hydrogens is 204 g/mol.